The van der Waals surface area contributed by atoms with Gasteiger partial charge < -0.3 is 25.4 Å². The summed E-state index contributed by atoms with van der Waals surface area (Å²) in [6, 6.07) is 21.3. The molecule has 2 heterocycles. The predicted molar refractivity (Wildman–Crippen MR) is 196 cm³/mol. The van der Waals surface area contributed by atoms with Crippen molar-refractivity contribution < 1.29 is 19.2 Å². The molecule has 0 aliphatic carbocycles. The molecule has 0 atom stereocenters. The van der Waals surface area contributed by atoms with Gasteiger partial charge in [-0.3, -0.25) is 4.79 Å². The number of carbonyl (C=O) groups excluding carboxylic acids is 1. The maximum Gasteiger partial charge on any atom is 0.252 e. The molecule has 0 aliphatic heterocycles. The van der Waals surface area contributed by atoms with Gasteiger partial charge in [-0.2, -0.15) is 0 Å². The maximum atomic E-state index is 12.6. The van der Waals surface area contributed by atoms with Gasteiger partial charge in [0.2, 0.25) is 0 Å². The Labute approximate surface area is 293 Å². The van der Waals surface area contributed by atoms with Crippen LogP contribution < -0.4 is 15.8 Å². The summed E-state index contributed by atoms with van der Waals surface area (Å²) in [5.41, 5.74) is 13.4. The summed E-state index contributed by atoms with van der Waals surface area (Å²) in [6.07, 6.45) is 3.62. The van der Waals surface area contributed by atoms with Gasteiger partial charge in [0, 0.05) is 55.8 Å². The average molecular weight is 704 g/mol. The Morgan fingerprint density at radius 2 is 1.88 bits per heavy atom. The van der Waals surface area contributed by atoms with Gasteiger partial charge in [-0.05, 0) is 67.6 Å². The zero-order valence-electron chi connectivity index (χ0n) is 26.9. The molecule has 0 radical (unpaired) electrons. The van der Waals surface area contributed by atoms with Crippen LogP contribution in [0, 0.1) is 13.8 Å². The highest BCUT2D eigenvalue weighted by atomic mass is 35.5. The summed E-state index contributed by atoms with van der Waals surface area (Å²) in [5.74, 6) is 0.420. The SMILES string of the molecule is C=C(N)c1c(COc2cc(-c3cn(Cc4ccc(Cl)cc4)nn3)ccc2C)csc1/C(=C\C)C(=O)NCCO.Cc1ccc(SO)cc1. The Balaban J connectivity index is 0.000000500. The number of amides is 1. The first-order valence-corrected chi connectivity index (χ1v) is 17.0. The molecule has 0 saturated heterocycles. The minimum atomic E-state index is -0.281. The van der Waals surface area contributed by atoms with Crippen molar-refractivity contribution in [3.8, 4) is 17.0 Å². The van der Waals surface area contributed by atoms with Gasteiger partial charge in [-0.15, -0.1) is 16.4 Å². The summed E-state index contributed by atoms with van der Waals surface area (Å²) in [4.78, 5) is 14.2. The number of hydrogen-bond donors (Lipinski definition) is 4. The van der Waals surface area contributed by atoms with Crippen LogP contribution in [0.15, 0.2) is 95.9 Å². The first-order chi connectivity index (χ1) is 23.1. The zero-order valence-corrected chi connectivity index (χ0v) is 29.3. The maximum absolute atomic E-state index is 12.6. The van der Waals surface area contributed by atoms with E-state index in [1.54, 1.807) is 17.7 Å². The molecule has 0 aliphatic rings. The molecule has 3 aromatic carbocycles. The van der Waals surface area contributed by atoms with E-state index < -0.39 is 0 Å². The van der Waals surface area contributed by atoms with Gasteiger partial charge in [0.05, 0.1) is 24.9 Å². The minimum Gasteiger partial charge on any atom is -0.489 e. The van der Waals surface area contributed by atoms with E-state index in [1.165, 1.54) is 16.9 Å². The lowest BCUT2D eigenvalue weighted by Crippen LogP contribution is -2.27. The van der Waals surface area contributed by atoms with E-state index in [1.807, 2.05) is 92.2 Å². The molecular weight excluding hydrogens is 666 g/mol. The molecule has 5 rings (SSSR count). The number of aryl methyl sites for hydroxylation is 2. The quantitative estimate of drug-likeness (QED) is 0.0771. The van der Waals surface area contributed by atoms with Gasteiger partial charge >= 0.3 is 0 Å². The topological polar surface area (TPSA) is 136 Å². The molecule has 5 aromatic rings. The molecule has 0 fully saturated rings. The molecule has 9 nitrogen and oxygen atoms in total. The van der Waals surface area contributed by atoms with E-state index in [-0.39, 0.29) is 25.7 Å². The van der Waals surface area contributed by atoms with E-state index in [0.717, 1.165) is 44.9 Å². The van der Waals surface area contributed by atoms with E-state index in [4.69, 9.17) is 31.7 Å². The monoisotopic (exact) mass is 703 g/mol. The van der Waals surface area contributed by atoms with E-state index in [0.29, 0.717) is 39.0 Å². The van der Waals surface area contributed by atoms with Gasteiger partial charge in [0.1, 0.15) is 18.1 Å². The zero-order chi connectivity index (χ0) is 34.6. The van der Waals surface area contributed by atoms with Crippen LogP contribution >= 0.6 is 35.0 Å². The van der Waals surface area contributed by atoms with Crippen molar-refractivity contribution in [3.05, 3.63) is 129 Å². The molecule has 0 unspecified atom stereocenters. The summed E-state index contributed by atoms with van der Waals surface area (Å²) in [7, 11) is 0. The van der Waals surface area contributed by atoms with Gasteiger partial charge in [-0.1, -0.05) is 71.4 Å². The largest absolute Gasteiger partial charge is 0.489 e. The summed E-state index contributed by atoms with van der Waals surface area (Å²) in [5, 5.41) is 23.0. The van der Waals surface area contributed by atoms with Crippen LogP contribution in [0.4, 0.5) is 0 Å². The molecule has 0 spiro atoms. The third-order valence-electron chi connectivity index (χ3n) is 7.15. The number of ether oxygens (including phenoxy) is 1. The fourth-order valence-corrected chi connectivity index (χ4v) is 6.18. The second-order valence-corrected chi connectivity index (χ2v) is 12.7. The van der Waals surface area contributed by atoms with Gasteiger partial charge in [0.15, 0.2) is 0 Å². The summed E-state index contributed by atoms with van der Waals surface area (Å²) in [6.45, 7) is 10.6. The van der Waals surface area contributed by atoms with Crippen LogP contribution in [-0.2, 0) is 17.9 Å². The highest BCUT2D eigenvalue weighted by molar-refractivity contribution is 7.93. The van der Waals surface area contributed by atoms with Crippen molar-refractivity contribution >= 4 is 52.2 Å². The Morgan fingerprint density at radius 1 is 1.15 bits per heavy atom. The highest BCUT2D eigenvalue weighted by Crippen LogP contribution is 2.34. The standard InChI is InChI=1S/C29H30ClN5O3S.C7H8OS/c1-4-24(29(37)32-11-12-36)28-27(19(3)31)22(17-39-28)16-38-26-13-21(8-5-18(26)2)25-15-35(34-33-25)14-20-6-9-23(30)10-7-20;1-6-2-4-7(9-8)5-3-6/h4-10,13,15,17,36H,3,11-12,14,16,31H2,1-2H3,(H,32,37);2-5,8H,1H3/b24-4+;. The number of halogens is 1. The number of allylic oxidation sites excluding steroid dienone is 1. The number of nitrogens with two attached hydrogens (primary N) is 1. The van der Waals surface area contributed by atoms with Crippen molar-refractivity contribution in [3.63, 3.8) is 0 Å². The van der Waals surface area contributed by atoms with Crippen LogP contribution in [0.3, 0.4) is 0 Å². The van der Waals surface area contributed by atoms with Crippen LogP contribution in [0.1, 0.15) is 39.6 Å². The fourth-order valence-electron chi connectivity index (χ4n) is 4.63. The van der Waals surface area contributed by atoms with Crippen molar-refractivity contribution in [2.45, 2.75) is 38.8 Å². The Bertz CT molecular complexity index is 1870. The molecule has 5 N–H and O–H groups in total. The second kappa shape index (κ2) is 17.7. The number of aromatic nitrogens is 3. The van der Waals surface area contributed by atoms with Crippen molar-refractivity contribution in [1.82, 2.24) is 20.3 Å². The number of carbonyl (C=O) groups is 1. The Hall–Kier alpha value is -4.39. The second-order valence-electron chi connectivity index (χ2n) is 10.8. The third kappa shape index (κ3) is 9.82. The summed E-state index contributed by atoms with van der Waals surface area (Å²) >= 11 is 8.16. The minimum absolute atomic E-state index is 0.139. The molecule has 12 heteroatoms. The molecule has 0 saturated carbocycles. The van der Waals surface area contributed by atoms with Crippen LogP contribution in [-0.4, -0.2) is 43.7 Å². The van der Waals surface area contributed by atoms with E-state index in [9.17, 15) is 4.79 Å². The molecule has 48 heavy (non-hydrogen) atoms. The molecular formula is C36H38ClN5O4S2. The number of nitrogens with one attached hydrogen (secondary N) is 1. The lowest BCUT2D eigenvalue weighted by molar-refractivity contribution is -0.115. The smallest absolute Gasteiger partial charge is 0.252 e. The van der Waals surface area contributed by atoms with Crippen LogP contribution in [0.25, 0.3) is 22.5 Å². The number of aliphatic hydroxyl groups excluding tert-OH is 1. The number of aliphatic hydroxyl groups is 1. The summed E-state index contributed by atoms with van der Waals surface area (Å²) < 4.78 is 16.6. The Morgan fingerprint density at radius 3 is 2.52 bits per heavy atom. The number of benzene rings is 3. The molecule has 0 bridgehead atoms. The van der Waals surface area contributed by atoms with E-state index in [2.05, 4.69) is 22.2 Å². The molecule has 1 amide bonds. The number of thiophene rings is 1. The Kier molecular flexibility index (Phi) is 13.4. The van der Waals surface area contributed by atoms with Crippen LogP contribution in [0.5, 0.6) is 5.75 Å². The number of hydrogen-bond acceptors (Lipinski definition) is 9. The normalized spacial score (nSPS) is 11.1. The third-order valence-corrected chi connectivity index (χ3v) is 8.95. The first-order valence-electron chi connectivity index (χ1n) is 15.0. The van der Waals surface area contributed by atoms with Crippen molar-refractivity contribution in [2.24, 2.45) is 5.73 Å². The lowest BCUT2D eigenvalue weighted by atomic mass is 10.0. The van der Waals surface area contributed by atoms with Crippen LogP contribution in [0.2, 0.25) is 5.02 Å². The number of nitrogens with zero attached hydrogens (tertiary/aromatic N) is 3. The molecule has 2 aromatic heterocycles. The molecule has 250 valence electrons. The van der Waals surface area contributed by atoms with Crippen molar-refractivity contribution in [1.29, 1.82) is 0 Å². The van der Waals surface area contributed by atoms with Gasteiger partial charge in [0.25, 0.3) is 5.91 Å². The highest BCUT2D eigenvalue weighted by Gasteiger charge is 2.21. The van der Waals surface area contributed by atoms with Gasteiger partial charge in [-0.25, -0.2) is 4.68 Å². The van der Waals surface area contributed by atoms with E-state index >= 15 is 0 Å². The predicted octanol–water partition coefficient (Wildman–Crippen LogP) is 7.60. The fraction of sp³-hybridized carbons (Fsp3) is 0.194. The average Bonchev–Trinajstić information content (AvgIpc) is 3.73. The lowest BCUT2D eigenvalue weighted by Gasteiger charge is -2.13. The van der Waals surface area contributed by atoms with Crippen molar-refractivity contribution in [2.75, 3.05) is 13.2 Å². The number of rotatable bonds is 12. The first kappa shape index (κ1) is 36.4.